The minimum Gasteiger partial charge on any atom is -0.396 e. The van der Waals surface area contributed by atoms with Crippen LogP contribution in [0.5, 0.6) is 0 Å². The van der Waals surface area contributed by atoms with Gasteiger partial charge in [0.1, 0.15) is 12.1 Å². The summed E-state index contributed by atoms with van der Waals surface area (Å²) in [6, 6.07) is 7.54. The van der Waals surface area contributed by atoms with Gasteiger partial charge in [-0.15, -0.1) is 0 Å². The number of aliphatic hydroxyl groups is 2. The van der Waals surface area contributed by atoms with Gasteiger partial charge in [0.05, 0.1) is 12.7 Å². The lowest BCUT2D eigenvalue weighted by Gasteiger charge is -2.29. The first-order valence-electron chi connectivity index (χ1n) is 11.6. The smallest absolute Gasteiger partial charge is 0.240 e. The molecule has 2 heterocycles. The Kier molecular flexibility index (Phi) is 7.27. The summed E-state index contributed by atoms with van der Waals surface area (Å²) in [7, 11) is 0. The molecule has 2 fully saturated rings. The predicted molar refractivity (Wildman–Crippen MR) is 119 cm³/mol. The number of benzene rings is 1. The molecule has 0 unspecified atom stereocenters. The predicted octanol–water partition coefficient (Wildman–Crippen LogP) is 2.38. The van der Waals surface area contributed by atoms with Crippen LogP contribution in [0.4, 0.5) is 0 Å². The van der Waals surface area contributed by atoms with E-state index in [1.807, 2.05) is 24.4 Å². The fourth-order valence-electron chi connectivity index (χ4n) is 5.21. The van der Waals surface area contributed by atoms with Gasteiger partial charge in [-0.25, -0.2) is 0 Å². The molecule has 2 aliphatic rings. The number of aliphatic hydroxyl groups excluding tert-OH is 2. The summed E-state index contributed by atoms with van der Waals surface area (Å²) < 4.78 is 0. The van der Waals surface area contributed by atoms with Crippen molar-refractivity contribution < 1.29 is 19.8 Å². The van der Waals surface area contributed by atoms with Gasteiger partial charge in [-0.1, -0.05) is 37.5 Å². The third kappa shape index (κ3) is 4.95. The van der Waals surface area contributed by atoms with E-state index in [-0.39, 0.29) is 12.5 Å². The first-order valence-corrected chi connectivity index (χ1v) is 11.6. The van der Waals surface area contributed by atoms with E-state index in [0.717, 1.165) is 30.3 Å². The average Bonchev–Trinajstić information content (AvgIpc) is 3.36. The Morgan fingerprint density at radius 2 is 2.06 bits per heavy atom. The molecule has 7 nitrogen and oxygen atoms in total. The maximum absolute atomic E-state index is 13.2. The molecule has 4 rings (SSSR count). The van der Waals surface area contributed by atoms with Crippen molar-refractivity contribution in [3.05, 3.63) is 36.0 Å². The molecule has 1 aromatic heterocycles. The van der Waals surface area contributed by atoms with Crippen molar-refractivity contribution in [3.63, 3.8) is 0 Å². The molecule has 0 spiro atoms. The van der Waals surface area contributed by atoms with Gasteiger partial charge in [0.25, 0.3) is 0 Å². The van der Waals surface area contributed by atoms with Crippen molar-refractivity contribution in [1.82, 2.24) is 15.4 Å². The number of H-pyrrole nitrogens is 1. The molecular weight excluding hydrogens is 394 g/mol. The highest BCUT2D eigenvalue weighted by Gasteiger charge is 2.49. The minimum absolute atomic E-state index is 0.141. The number of hydrogen-bond donors (Lipinski definition) is 4. The number of hydroxylamine groups is 2. The van der Waals surface area contributed by atoms with E-state index in [1.54, 1.807) is 12.0 Å². The summed E-state index contributed by atoms with van der Waals surface area (Å²) in [5, 5.41) is 26.2. The molecule has 4 N–H and O–H groups in total. The van der Waals surface area contributed by atoms with E-state index in [4.69, 9.17) is 4.84 Å². The van der Waals surface area contributed by atoms with Crippen molar-refractivity contribution in [2.24, 2.45) is 11.8 Å². The van der Waals surface area contributed by atoms with E-state index in [2.05, 4.69) is 16.4 Å². The Morgan fingerprint density at radius 3 is 2.81 bits per heavy atom. The molecule has 4 atom stereocenters. The fourth-order valence-corrected chi connectivity index (χ4v) is 5.21. The molecule has 1 saturated carbocycles. The zero-order valence-electron chi connectivity index (χ0n) is 18.3. The normalized spacial score (nSPS) is 26.4. The molecule has 1 aliphatic heterocycles. The van der Waals surface area contributed by atoms with Crippen molar-refractivity contribution in [2.45, 2.75) is 63.7 Å². The average molecular weight is 430 g/mol. The lowest BCUT2D eigenvalue weighted by molar-refractivity contribution is -0.192. The van der Waals surface area contributed by atoms with Crippen molar-refractivity contribution >= 4 is 16.8 Å². The lowest BCUT2D eigenvalue weighted by Crippen LogP contribution is -2.49. The number of fused-ring (bicyclic) bond motifs is 1. The number of nitrogens with zero attached hydrogens (tertiary/aromatic N) is 1. The van der Waals surface area contributed by atoms with Crippen LogP contribution < -0.4 is 5.32 Å². The van der Waals surface area contributed by atoms with Crippen molar-refractivity contribution in [1.29, 1.82) is 0 Å². The largest absolute Gasteiger partial charge is 0.396 e. The quantitative estimate of drug-likeness (QED) is 0.517. The molecular formula is C24H35N3O4. The topological polar surface area (TPSA) is 97.8 Å². The third-order valence-corrected chi connectivity index (χ3v) is 6.88. The van der Waals surface area contributed by atoms with Gasteiger partial charge in [0.2, 0.25) is 5.91 Å². The van der Waals surface area contributed by atoms with Crippen LogP contribution in [0.25, 0.3) is 10.9 Å². The molecule has 2 aromatic rings. The number of aromatic amines is 1. The maximum atomic E-state index is 13.2. The van der Waals surface area contributed by atoms with Gasteiger partial charge < -0.3 is 20.5 Å². The zero-order chi connectivity index (χ0) is 21.8. The van der Waals surface area contributed by atoms with E-state index in [0.29, 0.717) is 19.0 Å². The number of hydrogen-bond acceptors (Lipinski definition) is 5. The first-order chi connectivity index (χ1) is 15.1. The summed E-state index contributed by atoms with van der Waals surface area (Å²) in [4.78, 5) is 22.5. The summed E-state index contributed by atoms with van der Waals surface area (Å²) in [5.41, 5.74) is 2.25. The van der Waals surface area contributed by atoms with Gasteiger partial charge >= 0.3 is 0 Å². The third-order valence-electron chi connectivity index (χ3n) is 6.88. The molecule has 1 saturated heterocycles. The number of nitrogens with one attached hydrogen (secondary N) is 2. The van der Waals surface area contributed by atoms with Crippen LogP contribution in [0, 0.1) is 11.8 Å². The molecule has 0 bridgehead atoms. The van der Waals surface area contributed by atoms with Gasteiger partial charge in [-0.2, -0.15) is 5.06 Å². The molecule has 170 valence electrons. The number of aromatic nitrogens is 1. The highest BCUT2D eigenvalue weighted by molar-refractivity contribution is 5.84. The number of rotatable bonds is 8. The van der Waals surface area contributed by atoms with Crippen LogP contribution in [0.3, 0.4) is 0 Å². The summed E-state index contributed by atoms with van der Waals surface area (Å²) in [6.07, 6.45) is 7.35. The second-order valence-corrected chi connectivity index (χ2v) is 9.11. The summed E-state index contributed by atoms with van der Waals surface area (Å²) >= 11 is 0. The van der Waals surface area contributed by atoms with Crippen LogP contribution in [0.15, 0.2) is 30.5 Å². The fraction of sp³-hybridized carbons (Fsp3) is 0.625. The molecule has 1 aromatic carbocycles. The molecule has 1 aliphatic carbocycles. The van der Waals surface area contributed by atoms with Gasteiger partial charge in [-0.3, -0.25) is 9.63 Å². The van der Waals surface area contributed by atoms with Crippen LogP contribution in [0.2, 0.25) is 0 Å². The Balaban J connectivity index is 1.41. The zero-order valence-corrected chi connectivity index (χ0v) is 18.3. The van der Waals surface area contributed by atoms with Gasteiger partial charge in [0, 0.05) is 36.1 Å². The maximum Gasteiger partial charge on any atom is 0.240 e. The second-order valence-electron chi connectivity index (χ2n) is 9.11. The highest BCUT2D eigenvalue weighted by Crippen LogP contribution is 2.33. The summed E-state index contributed by atoms with van der Waals surface area (Å²) in [5.74, 6) is -0.100. The number of carbonyl (C=O) groups is 1. The van der Waals surface area contributed by atoms with Gasteiger partial charge in [-0.05, 0) is 43.7 Å². The van der Waals surface area contributed by atoms with E-state index < -0.39 is 24.2 Å². The monoisotopic (exact) mass is 429 g/mol. The molecule has 7 heteroatoms. The number of para-hydroxylation sites is 1. The van der Waals surface area contributed by atoms with Crippen molar-refractivity contribution in [3.8, 4) is 0 Å². The Morgan fingerprint density at radius 1 is 1.29 bits per heavy atom. The van der Waals surface area contributed by atoms with Crippen LogP contribution in [0.1, 0.15) is 44.6 Å². The van der Waals surface area contributed by atoms with Crippen LogP contribution in [-0.2, 0) is 16.1 Å². The Labute approximate surface area is 183 Å². The standard InChI is InChI=1S/C24H35N3O4/c1-16(29)23-20(15-28)22(27(31-23)14-17-7-3-2-4-8-17)24(30)25-12-11-18-13-26-21-10-6-5-9-19(18)21/h5-6,9-10,13,16-17,20,22-23,26,28-29H,2-4,7-8,11-12,14-15H2,1H3,(H,25,30)/t16-,20+,22+,23+/m0/s1. The Bertz CT molecular complexity index is 861. The molecule has 31 heavy (non-hydrogen) atoms. The van der Waals surface area contributed by atoms with E-state index >= 15 is 0 Å². The SMILES string of the molecule is C[C@H](O)[C@H]1ON(CC2CCCCC2)[C@@H](C(=O)NCCc2c[nH]c3ccccc23)[C@H]1CO. The summed E-state index contributed by atoms with van der Waals surface area (Å²) in [6.45, 7) is 2.63. The number of carbonyl (C=O) groups excluding carboxylic acids is 1. The Hall–Kier alpha value is -1.93. The van der Waals surface area contributed by atoms with Crippen LogP contribution in [-0.4, -0.2) is 64.1 Å². The van der Waals surface area contributed by atoms with Crippen molar-refractivity contribution in [2.75, 3.05) is 19.7 Å². The van der Waals surface area contributed by atoms with E-state index in [9.17, 15) is 15.0 Å². The van der Waals surface area contributed by atoms with Gasteiger partial charge in [0.15, 0.2) is 0 Å². The van der Waals surface area contributed by atoms with E-state index in [1.165, 1.54) is 24.6 Å². The molecule has 1 amide bonds. The number of amides is 1. The second kappa shape index (κ2) is 10.1. The van der Waals surface area contributed by atoms with Crippen LogP contribution >= 0.6 is 0 Å². The minimum atomic E-state index is -0.755. The highest BCUT2D eigenvalue weighted by atomic mass is 16.7. The first kappa shape index (κ1) is 22.3. The molecule has 0 radical (unpaired) electrons. The lowest BCUT2D eigenvalue weighted by atomic mass is 9.88.